The number of hydrogen-bond acceptors (Lipinski definition) is 22. The molecule has 6 aromatic rings. The molecule has 0 saturated carbocycles. The van der Waals surface area contributed by atoms with Crippen LogP contribution < -0.4 is 213 Å². The molecular formula is C50H36K2N6Na2O16S2. The van der Waals surface area contributed by atoms with Gasteiger partial charge in [0.05, 0.1) is 47.3 Å². The number of benzene rings is 6. The Hall–Kier alpha value is -4.09. The maximum atomic E-state index is 13.8. The first-order valence-corrected chi connectivity index (χ1v) is 24.3. The van der Waals surface area contributed by atoms with Gasteiger partial charge < -0.3 is 58.5 Å². The summed E-state index contributed by atoms with van der Waals surface area (Å²) in [5.74, 6) is -4.25. The van der Waals surface area contributed by atoms with Gasteiger partial charge in [-0.1, -0.05) is 12.1 Å². The summed E-state index contributed by atoms with van der Waals surface area (Å²) in [6.45, 7) is -2.00. The van der Waals surface area contributed by atoms with Crippen molar-refractivity contribution in [2.75, 3.05) is 48.9 Å². The van der Waals surface area contributed by atoms with E-state index >= 15 is 0 Å². The summed E-state index contributed by atoms with van der Waals surface area (Å²) in [6.07, 6.45) is 1.79. The van der Waals surface area contributed by atoms with Crippen molar-refractivity contribution in [2.45, 2.75) is 0 Å². The Labute approximate surface area is 575 Å². The van der Waals surface area contributed by atoms with Crippen LogP contribution in [0, 0.1) is 0 Å². The molecule has 0 saturated heterocycles. The largest absolute Gasteiger partial charge is 1.00 e. The average molecular weight is 1170 g/mol. The number of carboxylic acids is 2. The zero-order valence-electron chi connectivity index (χ0n) is 42.4. The second-order valence-corrected chi connectivity index (χ2v) is 18.5. The molecule has 2 aliphatic rings. The Morgan fingerprint density at radius 3 is 1.44 bits per heavy atom. The first-order valence-electron chi connectivity index (χ1n) is 21.4. The summed E-state index contributed by atoms with van der Waals surface area (Å²) in [4.78, 5) is 48.8. The number of carbonyl (C=O) groups excluding carboxylic acids is 4. The monoisotopic (exact) mass is 1160 g/mol. The molecule has 22 nitrogen and oxygen atoms in total. The number of hydrazone groups is 2. The Morgan fingerprint density at radius 1 is 0.526 bits per heavy atom. The second-order valence-electron chi connectivity index (χ2n) is 15.8. The van der Waals surface area contributed by atoms with Crippen LogP contribution in [0.2, 0.25) is 0 Å². The van der Waals surface area contributed by atoms with Crippen LogP contribution in [-0.4, -0.2) is 88.3 Å². The van der Waals surface area contributed by atoms with E-state index in [2.05, 4.69) is 31.7 Å². The summed E-state index contributed by atoms with van der Waals surface area (Å²) in [6, 6.07) is 30.3. The minimum absolute atomic E-state index is 0. The normalized spacial score (nSPS) is 13.5. The third kappa shape index (κ3) is 16.5. The molecule has 378 valence electrons. The van der Waals surface area contributed by atoms with Crippen molar-refractivity contribution < 1.29 is 236 Å². The van der Waals surface area contributed by atoms with Crippen LogP contribution in [0.3, 0.4) is 0 Å². The van der Waals surface area contributed by atoms with E-state index in [0.717, 1.165) is 12.2 Å². The number of Topliss-reactive ketones (excluding diaryl/α,β-unsaturated/α-hetero) is 2. The van der Waals surface area contributed by atoms with E-state index in [1.807, 2.05) is 0 Å². The van der Waals surface area contributed by atoms with Crippen molar-refractivity contribution in [2.24, 2.45) is 10.2 Å². The van der Waals surface area contributed by atoms with Crippen LogP contribution in [-0.2, 0) is 29.8 Å². The van der Waals surface area contributed by atoms with Gasteiger partial charge in [-0.15, -0.1) is 0 Å². The number of carboxylic acid groups (broad SMARTS) is 2. The maximum absolute atomic E-state index is 13.8. The molecule has 0 radical (unpaired) electrons. The average Bonchev–Trinajstić information content (AvgIpc) is 3.37. The molecule has 4 N–H and O–H groups in total. The molecule has 0 spiro atoms. The summed E-state index contributed by atoms with van der Waals surface area (Å²) in [7, 11) is -7.52. The van der Waals surface area contributed by atoms with Gasteiger partial charge in [-0.25, -0.2) is 16.8 Å². The number of methoxy groups -OCH3 is 2. The van der Waals surface area contributed by atoms with Crippen LogP contribution in [0.1, 0.15) is 31.8 Å². The fourth-order valence-electron chi connectivity index (χ4n) is 7.45. The van der Waals surface area contributed by atoms with Gasteiger partial charge in [0.2, 0.25) is 11.6 Å². The molecule has 28 heteroatoms. The number of fused-ring (bicyclic) bond motifs is 2. The van der Waals surface area contributed by atoms with Crippen LogP contribution >= 0.6 is 0 Å². The van der Waals surface area contributed by atoms with Gasteiger partial charge in [0, 0.05) is 39.4 Å². The zero-order chi connectivity index (χ0) is 52.9. The van der Waals surface area contributed by atoms with E-state index in [9.17, 15) is 55.3 Å². The Balaban J connectivity index is 0.00000328. The Bertz CT molecular complexity index is 3660. The van der Waals surface area contributed by atoms with Crippen molar-refractivity contribution in [3.8, 4) is 34.1 Å². The zero-order valence-corrected chi connectivity index (χ0v) is 54.2. The molecule has 6 aromatic carbocycles. The van der Waals surface area contributed by atoms with Crippen molar-refractivity contribution in [1.29, 1.82) is 0 Å². The van der Waals surface area contributed by atoms with Gasteiger partial charge >= 0.3 is 162 Å². The molecule has 0 amide bonds. The number of ether oxygens (including phenoxy) is 4. The Kier molecular flexibility index (Phi) is 24.7. The predicted octanol–water partition coefficient (Wildman–Crippen LogP) is -7.77. The van der Waals surface area contributed by atoms with E-state index in [1.165, 1.54) is 80.9 Å². The molecule has 2 aliphatic carbocycles. The van der Waals surface area contributed by atoms with Crippen LogP contribution in [0.5, 0.6) is 23.0 Å². The number of nitrogens with one attached hydrogen (secondary N) is 4. The fraction of sp³-hybridized carbons (Fsp3) is 0.0800. The van der Waals surface area contributed by atoms with Gasteiger partial charge in [0.1, 0.15) is 67.9 Å². The van der Waals surface area contributed by atoms with E-state index in [4.69, 9.17) is 18.9 Å². The standard InChI is InChI=1S/C50H40N6O16S2.2K.2Na/c1-69-34-11-5-30(6-12-34)51-32-9-15-36-29(19-32)22-45(74(66,67)68)48(50(36)62)56-54-40-18-4-28(21-43(40)72-26-47(59)60)27-3-17-39(42(20-27)71-25-46(57)58)53-55-41-24-44(73(63,64)65)38-23-33(10-16-37(38)49(41)61)52-31-7-13-35(70-2)14-8-31;;;;/h3-24,51-54H,25-26H2,1-2H3,(H,57,58)(H,59,60)(H,63,64,65)(H,66,67,68);;;;/q;4*+1/p-4/b55-41-,56-48-;;;;. The van der Waals surface area contributed by atoms with Crippen LogP contribution in [0.15, 0.2) is 143 Å². The van der Waals surface area contributed by atoms with Gasteiger partial charge in [-0.05, 0) is 138 Å². The molecule has 0 atom stereocenters. The second kappa shape index (κ2) is 29.1. The number of aliphatic carboxylic acids is 2. The summed E-state index contributed by atoms with van der Waals surface area (Å²) in [5, 5.41) is 37.3. The molecule has 0 bridgehead atoms. The fourth-order valence-corrected chi connectivity index (χ4v) is 8.79. The van der Waals surface area contributed by atoms with E-state index in [0.29, 0.717) is 34.2 Å². The molecule has 0 unspecified atom stereocenters. The topological polar surface area (TPSA) is 339 Å². The smallest absolute Gasteiger partial charge is 0.744 e. The van der Waals surface area contributed by atoms with Crippen molar-refractivity contribution in [3.63, 3.8) is 0 Å². The van der Waals surface area contributed by atoms with E-state index in [-0.39, 0.29) is 218 Å². The Morgan fingerprint density at radius 2 is 0.974 bits per heavy atom. The van der Waals surface area contributed by atoms with E-state index < -0.39 is 78.2 Å². The number of rotatable bonds is 19. The molecule has 8 rings (SSSR count). The molecular weight excluding hydrogens is 1130 g/mol. The molecule has 0 aliphatic heterocycles. The van der Waals surface area contributed by atoms with Gasteiger partial charge in [-0.3, -0.25) is 20.4 Å². The predicted molar refractivity (Wildman–Crippen MR) is 264 cm³/mol. The first-order chi connectivity index (χ1) is 35.3. The number of nitrogens with zero attached hydrogens (tertiary/aromatic N) is 2. The number of carbonyl (C=O) groups is 4. The number of allylic oxidation sites excluding steroid dienone is 2. The maximum Gasteiger partial charge on any atom is 1.00 e. The third-order valence-corrected chi connectivity index (χ3v) is 12.7. The summed E-state index contributed by atoms with van der Waals surface area (Å²) >= 11 is 0. The minimum atomic E-state index is -5.33. The van der Waals surface area contributed by atoms with Crippen molar-refractivity contribution in [3.05, 3.63) is 155 Å². The van der Waals surface area contributed by atoms with Crippen LogP contribution in [0.25, 0.3) is 22.1 Å². The minimum Gasteiger partial charge on any atom is -0.744 e. The molecule has 0 fully saturated rings. The number of anilines is 6. The SMILES string of the molecule is COc1ccc(Nc2ccc3c(c2)C=C(S(=O)(=O)[O-])/C(=N/Nc2ccc(-c4ccc(N/N=C5/C=C(S(=O)(=O)[O-])c6cc(Nc7ccc(OC)cc7)ccc6C5=O)c(OCC(=O)[O-])c4)cc2OCC(=O)[O-])C3=O)cc1.[K+].[K+].[Na+].[Na+]. The van der Waals surface area contributed by atoms with Crippen LogP contribution in [0.4, 0.5) is 34.1 Å². The van der Waals surface area contributed by atoms with E-state index in [1.54, 1.807) is 54.6 Å². The number of ketones is 2. The molecule has 0 aromatic heterocycles. The van der Waals surface area contributed by atoms with Gasteiger partial charge in [0.25, 0.3) is 0 Å². The van der Waals surface area contributed by atoms with Gasteiger partial charge in [0.15, 0.2) is 0 Å². The third-order valence-electron chi connectivity index (χ3n) is 10.9. The van der Waals surface area contributed by atoms with Gasteiger partial charge in [-0.2, -0.15) is 10.2 Å². The first kappa shape index (κ1) is 66.4. The van der Waals surface area contributed by atoms with Crippen molar-refractivity contribution >= 4 is 100 Å². The molecule has 78 heavy (non-hydrogen) atoms. The summed E-state index contributed by atoms with van der Waals surface area (Å²) < 4.78 is 96.6. The van der Waals surface area contributed by atoms with Crippen molar-refractivity contribution in [1.82, 2.24) is 0 Å². The number of hydrogen-bond donors (Lipinski definition) is 4. The summed E-state index contributed by atoms with van der Waals surface area (Å²) in [5.41, 5.74) is 5.86. The molecule has 0 heterocycles. The quantitative estimate of drug-likeness (QED) is 0.0332.